The Hall–Kier alpha value is -3.52. The number of fused-ring (bicyclic) bond motifs is 1. The highest BCUT2D eigenvalue weighted by Crippen LogP contribution is 2.34. The normalized spacial score (nSPS) is 11.1. The number of aromatic nitrogens is 2. The molecule has 6 nitrogen and oxygen atoms in total. The third-order valence-corrected chi connectivity index (χ3v) is 7.06. The van der Waals surface area contributed by atoms with Crippen molar-refractivity contribution in [2.45, 2.75) is 40.0 Å². The van der Waals surface area contributed by atoms with Gasteiger partial charge in [0.15, 0.2) is 0 Å². The number of anilines is 1. The largest absolute Gasteiger partial charge is 0.493 e. The highest BCUT2D eigenvalue weighted by atomic mass is 32.1. The van der Waals surface area contributed by atoms with Gasteiger partial charge in [-0.05, 0) is 61.4 Å². The number of carbonyl (C=O) groups is 1. The Kier molecular flexibility index (Phi) is 7.60. The molecule has 2 N–H and O–H groups in total. The Morgan fingerprint density at radius 2 is 2.00 bits per heavy atom. The van der Waals surface area contributed by atoms with Crippen LogP contribution < -0.4 is 10.1 Å². The van der Waals surface area contributed by atoms with Gasteiger partial charge < -0.3 is 15.2 Å². The summed E-state index contributed by atoms with van der Waals surface area (Å²) in [5.74, 6) is 0.126. The molecule has 182 valence electrons. The minimum atomic E-state index is -0.904. The molecule has 2 aromatic carbocycles. The first kappa shape index (κ1) is 24.6. The molecule has 4 aromatic rings. The van der Waals surface area contributed by atoms with E-state index in [1.54, 1.807) is 29.5 Å². The zero-order valence-corrected chi connectivity index (χ0v) is 20.8. The lowest BCUT2D eigenvalue weighted by molar-refractivity contribution is -0.136. The summed E-state index contributed by atoms with van der Waals surface area (Å²) in [4.78, 5) is 21.1. The Labute approximate surface area is 207 Å². The van der Waals surface area contributed by atoms with Gasteiger partial charge in [-0.25, -0.2) is 14.4 Å². The lowest BCUT2D eigenvalue weighted by Gasteiger charge is -2.12. The standard InChI is InChI=1S/C27H28FN3O3S/c1-4-9-34-24-11-18(5-6-19(24)12-26(32)33)23-14-25(31-15-30-23)29-8-7-21-17(3)35-27-16(2)10-20(28)13-22(21)27/h5-6,10-11,13-15H,4,7-9,12H2,1-3H3,(H,32,33)(H,29,30,31). The fourth-order valence-corrected chi connectivity index (χ4v) is 5.25. The number of halogens is 1. The summed E-state index contributed by atoms with van der Waals surface area (Å²) in [5, 5.41) is 13.5. The van der Waals surface area contributed by atoms with Crippen molar-refractivity contribution >= 4 is 33.2 Å². The number of carboxylic acids is 1. The summed E-state index contributed by atoms with van der Waals surface area (Å²) in [6.07, 6.45) is 2.96. The zero-order chi connectivity index (χ0) is 24.9. The molecule has 0 atom stereocenters. The molecule has 0 aliphatic rings. The van der Waals surface area contributed by atoms with Crippen molar-refractivity contribution in [3.8, 4) is 17.0 Å². The van der Waals surface area contributed by atoms with Crippen LogP contribution in [0.25, 0.3) is 21.3 Å². The van der Waals surface area contributed by atoms with E-state index in [1.165, 1.54) is 11.2 Å². The van der Waals surface area contributed by atoms with E-state index in [4.69, 9.17) is 4.74 Å². The van der Waals surface area contributed by atoms with E-state index in [0.29, 0.717) is 36.0 Å². The molecule has 8 heteroatoms. The molecule has 0 saturated carbocycles. The fraction of sp³-hybridized carbons (Fsp3) is 0.296. The molecular weight excluding hydrogens is 465 g/mol. The summed E-state index contributed by atoms with van der Waals surface area (Å²) in [6.45, 7) is 7.17. The van der Waals surface area contributed by atoms with Crippen molar-refractivity contribution in [1.82, 2.24) is 9.97 Å². The second kappa shape index (κ2) is 10.8. The summed E-state index contributed by atoms with van der Waals surface area (Å²) < 4.78 is 20.9. The number of hydrogen-bond donors (Lipinski definition) is 2. The number of aryl methyl sites for hydroxylation is 2. The number of ether oxygens (including phenoxy) is 1. The van der Waals surface area contributed by atoms with Crippen molar-refractivity contribution in [3.05, 3.63) is 70.1 Å². The molecule has 0 radical (unpaired) electrons. The Morgan fingerprint density at radius 1 is 1.17 bits per heavy atom. The molecule has 0 bridgehead atoms. The van der Waals surface area contributed by atoms with Crippen LogP contribution in [0.15, 0.2) is 42.7 Å². The first-order valence-electron chi connectivity index (χ1n) is 11.6. The van der Waals surface area contributed by atoms with E-state index >= 15 is 0 Å². The summed E-state index contributed by atoms with van der Waals surface area (Å²) >= 11 is 1.70. The maximum atomic E-state index is 14.0. The molecule has 0 aliphatic carbocycles. The van der Waals surface area contributed by atoms with Gasteiger partial charge in [-0.3, -0.25) is 4.79 Å². The van der Waals surface area contributed by atoms with Crippen LogP contribution in [0.1, 0.15) is 34.9 Å². The predicted octanol–water partition coefficient (Wildman–Crippen LogP) is 6.18. The molecule has 2 heterocycles. The molecule has 2 aromatic heterocycles. The van der Waals surface area contributed by atoms with E-state index in [-0.39, 0.29) is 12.2 Å². The van der Waals surface area contributed by atoms with Crippen LogP contribution in [-0.2, 0) is 17.6 Å². The van der Waals surface area contributed by atoms with Crippen LogP contribution >= 0.6 is 11.3 Å². The number of rotatable bonds is 10. The number of nitrogens with one attached hydrogen (secondary N) is 1. The van der Waals surface area contributed by atoms with Gasteiger partial charge in [0, 0.05) is 33.3 Å². The first-order valence-corrected chi connectivity index (χ1v) is 12.4. The molecule has 35 heavy (non-hydrogen) atoms. The number of benzene rings is 2. The van der Waals surface area contributed by atoms with E-state index < -0.39 is 5.97 Å². The Morgan fingerprint density at radius 3 is 2.77 bits per heavy atom. The minimum Gasteiger partial charge on any atom is -0.493 e. The Balaban J connectivity index is 1.51. The second-order valence-corrected chi connectivity index (χ2v) is 9.67. The van der Waals surface area contributed by atoms with Crippen molar-refractivity contribution < 1.29 is 19.0 Å². The molecule has 0 saturated heterocycles. The number of aliphatic carboxylic acids is 1. The van der Waals surface area contributed by atoms with Crippen molar-refractivity contribution in [2.24, 2.45) is 0 Å². The smallest absolute Gasteiger partial charge is 0.307 e. The number of nitrogens with zero attached hydrogens (tertiary/aromatic N) is 2. The number of hydrogen-bond acceptors (Lipinski definition) is 6. The molecule has 0 aliphatic heterocycles. The van der Waals surface area contributed by atoms with Gasteiger partial charge in [-0.2, -0.15) is 0 Å². The quantitative estimate of drug-likeness (QED) is 0.274. The van der Waals surface area contributed by atoms with E-state index in [1.807, 2.05) is 32.0 Å². The van der Waals surface area contributed by atoms with Crippen molar-refractivity contribution in [2.75, 3.05) is 18.5 Å². The van der Waals surface area contributed by atoms with Crippen LogP contribution in [0.2, 0.25) is 0 Å². The monoisotopic (exact) mass is 493 g/mol. The second-order valence-electron chi connectivity index (χ2n) is 8.44. The van der Waals surface area contributed by atoms with Gasteiger partial charge in [0.25, 0.3) is 0 Å². The molecule has 0 amide bonds. The molecule has 0 fully saturated rings. The fourth-order valence-electron chi connectivity index (χ4n) is 4.10. The molecule has 0 spiro atoms. The van der Waals surface area contributed by atoms with Gasteiger partial charge in [0.2, 0.25) is 0 Å². The third kappa shape index (κ3) is 5.77. The van der Waals surface area contributed by atoms with Gasteiger partial charge in [-0.15, -0.1) is 11.3 Å². The number of carboxylic acid groups (broad SMARTS) is 1. The van der Waals surface area contributed by atoms with Crippen LogP contribution in [0.5, 0.6) is 5.75 Å². The maximum Gasteiger partial charge on any atom is 0.307 e. The average molecular weight is 494 g/mol. The molecule has 4 rings (SSSR count). The number of thiophene rings is 1. The average Bonchev–Trinajstić information content (AvgIpc) is 3.14. The van der Waals surface area contributed by atoms with Crippen LogP contribution in [0.4, 0.5) is 10.2 Å². The van der Waals surface area contributed by atoms with Crippen molar-refractivity contribution in [3.63, 3.8) is 0 Å². The van der Waals surface area contributed by atoms with Crippen molar-refractivity contribution in [1.29, 1.82) is 0 Å². The van der Waals surface area contributed by atoms with E-state index in [2.05, 4.69) is 22.2 Å². The molecular formula is C27H28FN3O3S. The van der Waals surface area contributed by atoms with Gasteiger partial charge in [-0.1, -0.05) is 19.1 Å². The predicted molar refractivity (Wildman–Crippen MR) is 138 cm³/mol. The maximum absolute atomic E-state index is 14.0. The van der Waals surface area contributed by atoms with Crippen LogP contribution in [0.3, 0.4) is 0 Å². The first-order chi connectivity index (χ1) is 16.9. The zero-order valence-electron chi connectivity index (χ0n) is 20.0. The summed E-state index contributed by atoms with van der Waals surface area (Å²) in [6, 6.07) is 10.5. The Bertz CT molecular complexity index is 1370. The van der Waals surface area contributed by atoms with Crippen LogP contribution in [-0.4, -0.2) is 34.2 Å². The summed E-state index contributed by atoms with van der Waals surface area (Å²) in [5.41, 5.74) is 4.28. The van der Waals surface area contributed by atoms with Gasteiger partial charge in [0.05, 0.1) is 18.7 Å². The van der Waals surface area contributed by atoms with Gasteiger partial charge in [0.1, 0.15) is 23.7 Å². The minimum absolute atomic E-state index is 0.101. The topological polar surface area (TPSA) is 84.3 Å². The lowest BCUT2D eigenvalue weighted by Crippen LogP contribution is -2.07. The lowest BCUT2D eigenvalue weighted by atomic mass is 10.0. The third-order valence-electron chi connectivity index (χ3n) is 5.76. The highest BCUT2D eigenvalue weighted by molar-refractivity contribution is 7.19. The van der Waals surface area contributed by atoms with Crippen LogP contribution in [0, 0.1) is 19.7 Å². The van der Waals surface area contributed by atoms with E-state index in [0.717, 1.165) is 39.6 Å². The highest BCUT2D eigenvalue weighted by Gasteiger charge is 2.14. The summed E-state index contributed by atoms with van der Waals surface area (Å²) in [7, 11) is 0. The van der Waals surface area contributed by atoms with Gasteiger partial charge >= 0.3 is 5.97 Å². The molecule has 0 unspecified atom stereocenters. The SMILES string of the molecule is CCCOc1cc(-c2cc(NCCc3c(C)sc4c(C)cc(F)cc34)ncn2)ccc1CC(=O)O. The van der Waals surface area contributed by atoms with E-state index in [9.17, 15) is 14.3 Å².